The zero-order chi connectivity index (χ0) is 15.8. The van der Waals surface area contributed by atoms with Gasteiger partial charge in [-0.15, -0.1) is 0 Å². The molecule has 1 saturated heterocycles. The van der Waals surface area contributed by atoms with Crippen LogP contribution in [0.1, 0.15) is 19.3 Å². The molecule has 0 unspecified atom stereocenters. The molecule has 0 spiro atoms. The van der Waals surface area contributed by atoms with Crippen LogP contribution in [0.5, 0.6) is 0 Å². The lowest BCUT2D eigenvalue weighted by Crippen LogP contribution is -2.62. The van der Waals surface area contributed by atoms with Crippen LogP contribution in [0.2, 0.25) is 0 Å². The number of benzene rings is 1. The maximum atomic E-state index is 12.2. The summed E-state index contributed by atoms with van der Waals surface area (Å²) in [6.45, 7) is 1.16. The van der Waals surface area contributed by atoms with E-state index in [1.165, 1.54) is 0 Å². The fourth-order valence-corrected chi connectivity index (χ4v) is 3.05. The molecular formula is C17H20N4O2. The van der Waals surface area contributed by atoms with Crippen molar-refractivity contribution in [2.75, 3.05) is 18.4 Å². The Morgan fingerprint density at radius 3 is 2.74 bits per heavy atom. The summed E-state index contributed by atoms with van der Waals surface area (Å²) in [5, 5.41) is 7.04. The summed E-state index contributed by atoms with van der Waals surface area (Å²) >= 11 is 0. The quantitative estimate of drug-likeness (QED) is 0.813. The fraction of sp³-hybridized carbons (Fsp3) is 0.412. The molecule has 2 aromatic rings. The van der Waals surface area contributed by atoms with Gasteiger partial charge in [-0.1, -0.05) is 12.5 Å². The molecule has 2 aliphatic rings. The van der Waals surface area contributed by atoms with Gasteiger partial charge >= 0.3 is 6.03 Å². The summed E-state index contributed by atoms with van der Waals surface area (Å²) in [5.74, 6) is 0.351. The largest absolute Gasteiger partial charge is 0.361 e. The van der Waals surface area contributed by atoms with E-state index in [0.717, 1.165) is 35.9 Å². The summed E-state index contributed by atoms with van der Waals surface area (Å²) < 4.78 is 0. The van der Waals surface area contributed by atoms with Gasteiger partial charge in [0.1, 0.15) is 0 Å². The third kappa shape index (κ3) is 2.76. The highest BCUT2D eigenvalue weighted by Gasteiger charge is 2.34. The van der Waals surface area contributed by atoms with Gasteiger partial charge in [0, 0.05) is 36.4 Å². The minimum Gasteiger partial charge on any atom is -0.361 e. The van der Waals surface area contributed by atoms with Crippen molar-refractivity contribution in [2.24, 2.45) is 5.92 Å². The number of urea groups is 1. The van der Waals surface area contributed by atoms with E-state index < -0.39 is 0 Å². The molecular weight excluding hydrogens is 292 g/mol. The third-order valence-corrected chi connectivity index (χ3v) is 4.80. The predicted octanol–water partition coefficient (Wildman–Crippen LogP) is 2.30. The molecule has 120 valence electrons. The number of amides is 3. The van der Waals surface area contributed by atoms with E-state index >= 15 is 0 Å². The number of fused-ring (bicyclic) bond motifs is 1. The number of carbonyl (C=O) groups is 2. The fourth-order valence-electron chi connectivity index (χ4n) is 3.05. The Balaban J connectivity index is 1.28. The Labute approximate surface area is 134 Å². The van der Waals surface area contributed by atoms with Gasteiger partial charge in [0.15, 0.2) is 0 Å². The molecule has 0 atom stereocenters. The van der Waals surface area contributed by atoms with Gasteiger partial charge in [-0.3, -0.25) is 4.79 Å². The van der Waals surface area contributed by atoms with Crippen molar-refractivity contribution in [1.82, 2.24) is 15.2 Å². The Morgan fingerprint density at radius 2 is 2.00 bits per heavy atom. The monoisotopic (exact) mass is 312 g/mol. The van der Waals surface area contributed by atoms with E-state index in [0.29, 0.717) is 13.1 Å². The lowest BCUT2D eigenvalue weighted by atomic mass is 9.84. The Bertz CT molecular complexity index is 744. The van der Waals surface area contributed by atoms with Crippen molar-refractivity contribution in [1.29, 1.82) is 0 Å². The predicted molar refractivity (Wildman–Crippen MR) is 88.2 cm³/mol. The Morgan fingerprint density at radius 1 is 1.17 bits per heavy atom. The van der Waals surface area contributed by atoms with Gasteiger partial charge in [0.25, 0.3) is 0 Å². The Kier molecular flexibility index (Phi) is 3.44. The molecule has 0 radical (unpaired) electrons. The molecule has 0 bridgehead atoms. The van der Waals surface area contributed by atoms with Crippen LogP contribution >= 0.6 is 0 Å². The van der Waals surface area contributed by atoms with E-state index in [-0.39, 0.29) is 23.9 Å². The number of anilines is 1. The van der Waals surface area contributed by atoms with Crippen molar-refractivity contribution in [3.8, 4) is 0 Å². The summed E-state index contributed by atoms with van der Waals surface area (Å²) in [5.41, 5.74) is 1.77. The zero-order valence-corrected chi connectivity index (χ0v) is 12.8. The molecule has 1 saturated carbocycles. The van der Waals surface area contributed by atoms with E-state index in [1.807, 2.05) is 30.5 Å². The lowest BCUT2D eigenvalue weighted by molar-refractivity contribution is -0.129. The molecule has 6 nitrogen and oxygen atoms in total. The first-order valence-corrected chi connectivity index (χ1v) is 8.12. The van der Waals surface area contributed by atoms with Gasteiger partial charge in [0.05, 0.1) is 6.04 Å². The number of H-pyrrole nitrogens is 1. The SMILES string of the molecule is O=C(NC1CN(C(=O)Nc2ccc3cc[nH]c3c2)C1)C1CCC1. The smallest absolute Gasteiger partial charge is 0.321 e. The normalized spacial score (nSPS) is 18.3. The number of aromatic amines is 1. The standard InChI is InChI=1S/C17H20N4O2/c22-16(12-2-1-3-12)19-14-9-21(10-14)17(23)20-13-5-4-11-6-7-18-15(11)8-13/h4-8,12,14,18H,1-3,9-10H2,(H,19,22)(H,20,23). The lowest BCUT2D eigenvalue weighted by Gasteiger charge is -2.40. The van der Waals surface area contributed by atoms with Crippen LogP contribution < -0.4 is 10.6 Å². The molecule has 3 amide bonds. The maximum absolute atomic E-state index is 12.2. The average Bonchev–Trinajstić information content (AvgIpc) is 2.87. The first-order chi connectivity index (χ1) is 11.2. The summed E-state index contributed by atoms with van der Waals surface area (Å²) in [7, 11) is 0. The molecule has 23 heavy (non-hydrogen) atoms. The van der Waals surface area contributed by atoms with Crippen LogP contribution in [-0.4, -0.2) is 41.0 Å². The van der Waals surface area contributed by atoms with Crippen molar-refractivity contribution in [3.05, 3.63) is 30.5 Å². The highest BCUT2D eigenvalue weighted by atomic mass is 16.2. The molecule has 3 N–H and O–H groups in total. The van der Waals surface area contributed by atoms with Gasteiger partial charge in [0.2, 0.25) is 5.91 Å². The molecule has 6 heteroatoms. The van der Waals surface area contributed by atoms with E-state index in [1.54, 1.807) is 4.90 Å². The number of rotatable bonds is 3. The number of likely N-dealkylation sites (tertiary alicyclic amines) is 1. The summed E-state index contributed by atoms with van der Waals surface area (Å²) in [6, 6.07) is 7.75. The van der Waals surface area contributed by atoms with E-state index in [9.17, 15) is 9.59 Å². The van der Waals surface area contributed by atoms with Crippen molar-refractivity contribution in [2.45, 2.75) is 25.3 Å². The van der Waals surface area contributed by atoms with Gasteiger partial charge in [-0.2, -0.15) is 0 Å². The van der Waals surface area contributed by atoms with Gasteiger partial charge in [-0.25, -0.2) is 4.79 Å². The van der Waals surface area contributed by atoms with Crippen LogP contribution in [-0.2, 0) is 4.79 Å². The number of hydrogen-bond acceptors (Lipinski definition) is 2. The van der Waals surface area contributed by atoms with Crippen LogP contribution in [0.4, 0.5) is 10.5 Å². The number of nitrogens with one attached hydrogen (secondary N) is 3. The van der Waals surface area contributed by atoms with Crippen LogP contribution in [0.15, 0.2) is 30.5 Å². The van der Waals surface area contributed by atoms with Gasteiger partial charge < -0.3 is 20.5 Å². The second-order valence-corrected chi connectivity index (χ2v) is 6.45. The van der Waals surface area contributed by atoms with Crippen LogP contribution in [0, 0.1) is 5.92 Å². The number of hydrogen-bond donors (Lipinski definition) is 3. The molecule has 1 aliphatic carbocycles. The molecule has 4 rings (SSSR count). The number of aromatic nitrogens is 1. The molecule has 2 fully saturated rings. The summed E-state index contributed by atoms with van der Waals surface area (Å²) in [4.78, 5) is 28.9. The van der Waals surface area contributed by atoms with Gasteiger partial charge in [-0.05, 0) is 36.4 Å². The van der Waals surface area contributed by atoms with Crippen molar-refractivity contribution in [3.63, 3.8) is 0 Å². The Hall–Kier alpha value is -2.50. The first-order valence-electron chi connectivity index (χ1n) is 8.12. The average molecular weight is 312 g/mol. The number of carbonyl (C=O) groups excluding carboxylic acids is 2. The molecule has 1 aliphatic heterocycles. The van der Waals surface area contributed by atoms with Crippen molar-refractivity contribution >= 4 is 28.5 Å². The van der Waals surface area contributed by atoms with Crippen molar-refractivity contribution < 1.29 is 9.59 Å². The second kappa shape index (κ2) is 5.61. The first kappa shape index (κ1) is 14.1. The van der Waals surface area contributed by atoms with Crippen LogP contribution in [0.3, 0.4) is 0 Å². The van der Waals surface area contributed by atoms with E-state index in [2.05, 4.69) is 15.6 Å². The number of nitrogens with zero attached hydrogens (tertiary/aromatic N) is 1. The highest BCUT2D eigenvalue weighted by Crippen LogP contribution is 2.26. The molecule has 1 aromatic heterocycles. The highest BCUT2D eigenvalue weighted by molar-refractivity contribution is 5.93. The summed E-state index contributed by atoms with van der Waals surface area (Å²) in [6.07, 6.45) is 5.04. The minimum absolute atomic E-state index is 0.0970. The molecule has 1 aromatic carbocycles. The zero-order valence-electron chi connectivity index (χ0n) is 12.8. The minimum atomic E-state index is -0.120. The van der Waals surface area contributed by atoms with E-state index in [4.69, 9.17) is 0 Å². The maximum Gasteiger partial charge on any atom is 0.321 e. The second-order valence-electron chi connectivity index (χ2n) is 6.45. The molecule has 2 heterocycles. The topological polar surface area (TPSA) is 77.2 Å². The third-order valence-electron chi connectivity index (χ3n) is 4.80. The van der Waals surface area contributed by atoms with Crippen LogP contribution in [0.25, 0.3) is 10.9 Å².